The van der Waals surface area contributed by atoms with Crippen molar-refractivity contribution in [1.29, 1.82) is 0 Å². The minimum Gasteiger partial charge on any atom is -0.316 e. The molecule has 19 heavy (non-hydrogen) atoms. The van der Waals surface area contributed by atoms with Gasteiger partial charge in [-0.1, -0.05) is 13.8 Å². The van der Waals surface area contributed by atoms with E-state index in [4.69, 9.17) is 0 Å². The van der Waals surface area contributed by atoms with E-state index in [1.165, 1.54) is 58.5 Å². The van der Waals surface area contributed by atoms with Crippen LogP contribution >= 0.6 is 0 Å². The van der Waals surface area contributed by atoms with E-state index in [1.807, 2.05) is 0 Å². The predicted molar refractivity (Wildman–Crippen MR) is 82.5 cm³/mol. The summed E-state index contributed by atoms with van der Waals surface area (Å²) in [5, 5.41) is 3.59. The average molecular weight is 267 g/mol. The lowest BCUT2D eigenvalue weighted by atomic mass is 9.75. The number of piperidine rings is 1. The van der Waals surface area contributed by atoms with E-state index < -0.39 is 0 Å². The van der Waals surface area contributed by atoms with Gasteiger partial charge in [0.25, 0.3) is 0 Å². The van der Waals surface area contributed by atoms with Gasteiger partial charge in [0.15, 0.2) is 0 Å². The van der Waals surface area contributed by atoms with Crippen LogP contribution in [0.2, 0.25) is 0 Å². The number of likely N-dealkylation sites (tertiary alicyclic amines) is 1. The summed E-state index contributed by atoms with van der Waals surface area (Å²) in [7, 11) is 4.40. The highest BCUT2D eigenvalue weighted by molar-refractivity contribution is 4.93. The maximum atomic E-state index is 3.59. The molecule has 1 unspecified atom stereocenters. The Morgan fingerprint density at radius 3 is 2.42 bits per heavy atom. The highest BCUT2D eigenvalue weighted by atomic mass is 15.2. The van der Waals surface area contributed by atoms with Crippen LogP contribution in [-0.2, 0) is 0 Å². The molecule has 0 radical (unpaired) electrons. The minimum absolute atomic E-state index is 0.536. The third-order valence-electron chi connectivity index (χ3n) is 5.37. The zero-order valence-electron chi connectivity index (χ0n) is 13.4. The third kappa shape index (κ3) is 3.93. The summed E-state index contributed by atoms with van der Waals surface area (Å²) in [6, 6.07) is 0. The summed E-state index contributed by atoms with van der Waals surface area (Å²) in [6.07, 6.45) is 4.14. The molecule has 0 saturated carbocycles. The van der Waals surface area contributed by atoms with E-state index >= 15 is 0 Å². The van der Waals surface area contributed by atoms with Crippen LogP contribution in [0, 0.1) is 17.3 Å². The van der Waals surface area contributed by atoms with Crippen molar-refractivity contribution >= 4 is 0 Å². The molecule has 1 N–H and O–H groups in total. The molecule has 0 aromatic rings. The van der Waals surface area contributed by atoms with Crippen LogP contribution in [0.4, 0.5) is 0 Å². The van der Waals surface area contributed by atoms with Crippen molar-refractivity contribution in [3.8, 4) is 0 Å². The Balaban J connectivity index is 1.81. The molecule has 0 aromatic heterocycles. The molecule has 2 rings (SSSR count). The van der Waals surface area contributed by atoms with Crippen molar-refractivity contribution in [1.82, 2.24) is 15.1 Å². The lowest BCUT2D eigenvalue weighted by Gasteiger charge is -2.41. The molecule has 0 aromatic carbocycles. The Morgan fingerprint density at radius 2 is 1.95 bits per heavy atom. The number of nitrogens with zero attached hydrogens (tertiary/aromatic N) is 2. The first kappa shape index (κ1) is 15.3. The van der Waals surface area contributed by atoms with Crippen LogP contribution in [0.15, 0.2) is 0 Å². The van der Waals surface area contributed by atoms with Gasteiger partial charge in [-0.25, -0.2) is 0 Å². The van der Waals surface area contributed by atoms with Crippen LogP contribution in [0.1, 0.15) is 33.1 Å². The Bertz CT molecular complexity index is 261. The number of rotatable bonds is 5. The SMILES string of the molecule is CC(C)C1(CN2CCC(CN(C)C)CC2)CCNC1. The van der Waals surface area contributed by atoms with E-state index in [0.29, 0.717) is 5.41 Å². The van der Waals surface area contributed by atoms with Crippen LogP contribution in [0.3, 0.4) is 0 Å². The monoisotopic (exact) mass is 267 g/mol. The zero-order valence-corrected chi connectivity index (χ0v) is 13.4. The van der Waals surface area contributed by atoms with Crippen LogP contribution in [-0.4, -0.2) is 63.2 Å². The topological polar surface area (TPSA) is 18.5 Å². The first-order valence-electron chi connectivity index (χ1n) is 8.10. The van der Waals surface area contributed by atoms with Crippen molar-refractivity contribution in [3.05, 3.63) is 0 Å². The molecule has 1 atom stereocenters. The normalized spacial score (nSPS) is 30.6. The fraction of sp³-hybridized carbons (Fsp3) is 1.00. The highest BCUT2D eigenvalue weighted by Crippen LogP contribution is 2.36. The Hall–Kier alpha value is -0.120. The summed E-state index contributed by atoms with van der Waals surface area (Å²) < 4.78 is 0. The number of hydrogen-bond donors (Lipinski definition) is 1. The molecule has 0 amide bonds. The lowest BCUT2D eigenvalue weighted by Crippen LogP contribution is -2.46. The van der Waals surface area contributed by atoms with Gasteiger partial charge in [-0.3, -0.25) is 0 Å². The molecule has 2 heterocycles. The zero-order chi connectivity index (χ0) is 13.9. The standard InChI is InChI=1S/C16H33N3/c1-14(2)16(7-8-17-12-16)13-19-9-5-15(6-10-19)11-18(3)4/h14-15,17H,5-13H2,1-4H3. The number of nitrogens with one attached hydrogen (secondary N) is 1. The molecule has 2 fully saturated rings. The van der Waals surface area contributed by atoms with Gasteiger partial charge in [-0.2, -0.15) is 0 Å². The minimum atomic E-state index is 0.536. The van der Waals surface area contributed by atoms with Gasteiger partial charge in [0.05, 0.1) is 0 Å². The fourth-order valence-electron chi connectivity index (χ4n) is 3.86. The molecule has 0 bridgehead atoms. The first-order chi connectivity index (χ1) is 9.02. The quantitative estimate of drug-likeness (QED) is 0.821. The van der Waals surface area contributed by atoms with Gasteiger partial charge in [-0.15, -0.1) is 0 Å². The van der Waals surface area contributed by atoms with Crippen LogP contribution < -0.4 is 5.32 Å². The van der Waals surface area contributed by atoms with Crippen molar-refractivity contribution in [3.63, 3.8) is 0 Å². The summed E-state index contributed by atoms with van der Waals surface area (Å²) in [4.78, 5) is 5.08. The largest absolute Gasteiger partial charge is 0.316 e. The van der Waals surface area contributed by atoms with Gasteiger partial charge in [0.2, 0.25) is 0 Å². The van der Waals surface area contributed by atoms with E-state index in [1.54, 1.807) is 0 Å². The second-order valence-corrected chi connectivity index (χ2v) is 7.43. The molecular weight excluding hydrogens is 234 g/mol. The molecule has 2 aliphatic heterocycles. The van der Waals surface area contributed by atoms with Gasteiger partial charge in [0.1, 0.15) is 0 Å². The van der Waals surface area contributed by atoms with Crippen molar-refractivity contribution in [2.45, 2.75) is 33.1 Å². The van der Waals surface area contributed by atoms with Crippen LogP contribution in [0.25, 0.3) is 0 Å². The third-order valence-corrected chi connectivity index (χ3v) is 5.37. The van der Waals surface area contributed by atoms with E-state index in [-0.39, 0.29) is 0 Å². The van der Waals surface area contributed by atoms with Crippen molar-refractivity contribution in [2.75, 3.05) is 53.4 Å². The van der Waals surface area contributed by atoms with Gasteiger partial charge < -0.3 is 15.1 Å². The Labute approximate surface area is 119 Å². The summed E-state index contributed by atoms with van der Waals surface area (Å²) in [5.74, 6) is 1.71. The summed E-state index contributed by atoms with van der Waals surface area (Å²) >= 11 is 0. The smallest absolute Gasteiger partial charge is 0.00531 e. The maximum absolute atomic E-state index is 3.59. The van der Waals surface area contributed by atoms with E-state index in [9.17, 15) is 0 Å². The maximum Gasteiger partial charge on any atom is 0.00531 e. The first-order valence-corrected chi connectivity index (χ1v) is 8.10. The molecular formula is C16H33N3. The molecule has 2 aliphatic rings. The number of hydrogen-bond acceptors (Lipinski definition) is 3. The molecule has 3 heteroatoms. The van der Waals surface area contributed by atoms with Gasteiger partial charge in [-0.05, 0) is 70.2 Å². The lowest BCUT2D eigenvalue weighted by molar-refractivity contribution is 0.0829. The second-order valence-electron chi connectivity index (χ2n) is 7.43. The average Bonchev–Trinajstić information content (AvgIpc) is 2.81. The van der Waals surface area contributed by atoms with E-state index in [2.05, 4.69) is 43.1 Å². The van der Waals surface area contributed by atoms with Crippen molar-refractivity contribution in [2.24, 2.45) is 17.3 Å². The molecule has 3 nitrogen and oxygen atoms in total. The van der Waals surface area contributed by atoms with Gasteiger partial charge in [0, 0.05) is 19.6 Å². The Kier molecular flexibility index (Phi) is 5.27. The van der Waals surface area contributed by atoms with Crippen molar-refractivity contribution < 1.29 is 0 Å². The van der Waals surface area contributed by atoms with Crippen LogP contribution in [0.5, 0.6) is 0 Å². The second kappa shape index (κ2) is 6.55. The van der Waals surface area contributed by atoms with E-state index in [0.717, 1.165) is 11.8 Å². The fourth-order valence-corrected chi connectivity index (χ4v) is 3.86. The predicted octanol–water partition coefficient (Wildman–Crippen LogP) is 1.90. The Morgan fingerprint density at radius 1 is 1.26 bits per heavy atom. The molecule has 0 spiro atoms. The van der Waals surface area contributed by atoms with Gasteiger partial charge >= 0.3 is 0 Å². The molecule has 0 aliphatic carbocycles. The highest BCUT2D eigenvalue weighted by Gasteiger charge is 2.38. The summed E-state index contributed by atoms with van der Waals surface area (Å²) in [6.45, 7) is 12.5. The molecule has 112 valence electrons. The summed E-state index contributed by atoms with van der Waals surface area (Å²) in [5.41, 5.74) is 0.536. The molecule has 2 saturated heterocycles.